The van der Waals surface area contributed by atoms with Crippen LogP contribution in [0.4, 0.5) is 0 Å². The summed E-state index contributed by atoms with van der Waals surface area (Å²) in [6.07, 6.45) is 0. The van der Waals surface area contributed by atoms with Gasteiger partial charge in [-0.25, -0.2) is 4.79 Å². The van der Waals surface area contributed by atoms with Gasteiger partial charge in [0.25, 0.3) is 0 Å². The van der Waals surface area contributed by atoms with E-state index in [1.54, 1.807) is 6.07 Å². The maximum absolute atomic E-state index is 11.6. The monoisotopic (exact) mass is 366 g/mol. The fraction of sp³-hybridized carbons (Fsp3) is 0. The molecule has 1 aromatic heterocycles. The number of halogens is 1. The molecule has 0 aliphatic rings. The Labute approximate surface area is 140 Å². The standard InChI is InChI=1S/C19H11BrO3/c20-11-8-9-12(15(10-11)19(21)22)13-5-3-7-17-18(13)14-4-1-2-6-16(14)23-17/h1-10H,(H,21,22). The highest BCUT2D eigenvalue weighted by Gasteiger charge is 2.17. The normalized spacial score (nSPS) is 11.2. The van der Waals surface area contributed by atoms with Gasteiger partial charge >= 0.3 is 5.97 Å². The average Bonchev–Trinajstić information content (AvgIpc) is 2.93. The highest BCUT2D eigenvalue weighted by molar-refractivity contribution is 9.10. The lowest BCUT2D eigenvalue weighted by molar-refractivity contribution is 0.0697. The highest BCUT2D eigenvalue weighted by atomic mass is 79.9. The van der Waals surface area contributed by atoms with E-state index in [1.807, 2.05) is 54.6 Å². The number of para-hydroxylation sites is 1. The number of rotatable bonds is 2. The van der Waals surface area contributed by atoms with Crippen LogP contribution in [-0.2, 0) is 0 Å². The van der Waals surface area contributed by atoms with E-state index < -0.39 is 5.97 Å². The number of hydrogen-bond donors (Lipinski definition) is 1. The van der Waals surface area contributed by atoms with Gasteiger partial charge in [0.2, 0.25) is 0 Å². The predicted molar refractivity (Wildman–Crippen MR) is 93.8 cm³/mol. The van der Waals surface area contributed by atoms with Crippen molar-refractivity contribution in [3.05, 3.63) is 70.7 Å². The molecule has 4 rings (SSSR count). The zero-order valence-corrected chi connectivity index (χ0v) is 13.5. The van der Waals surface area contributed by atoms with E-state index in [4.69, 9.17) is 4.42 Å². The van der Waals surface area contributed by atoms with Gasteiger partial charge < -0.3 is 9.52 Å². The van der Waals surface area contributed by atoms with Crippen molar-refractivity contribution in [1.82, 2.24) is 0 Å². The van der Waals surface area contributed by atoms with E-state index in [2.05, 4.69) is 15.9 Å². The van der Waals surface area contributed by atoms with Gasteiger partial charge in [0.05, 0.1) is 5.56 Å². The number of carboxylic acid groups (broad SMARTS) is 1. The molecule has 1 heterocycles. The largest absolute Gasteiger partial charge is 0.478 e. The van der Waals surface area contributed by atoms with E-state index >= 15 is 0 Å². The van der Waals surface area contributed by atoms with Crippen LogP contribution < -0.4 is 0 Å². The first-order valence-electron chi connectivity index (χ1n) is 7.08. The summed E-state index contributed by atoms with van der Waals surface area (Å²) in [4.78, 5) is 11.6. The second-order valence-corrected chi connectivity index (χ2v) is 6.19. The van der Waals surface area contributed by atoms with Crippen molar-refractivity contribution in [2.45, 2.75) is 0 Å². The van der Waals surface area contributed by atoms with Crippen molar-refractivity contribution < 1.29 is 14.3 Å². The Morgan fingerprint density at radius 3 is 2.52 bits per heavy atom. The van der Waals surface area contributed by atoms with Crippen molar-refractivity contribution >= 4 is 43.8 Å². The van der Waals surface area contributed by atoms with E-state index in [1.165, 1.54) is 0 Å². The molecule has 0 amide bonds. The summed E-state index contributed by atoms with van der Waals surface area (Å²) in [6.45, 7) is 0. The Kier molecular flexibility index (Phi) is 3.20. The molecule has 0 saturated carbocycles. The van der Waals surface area contributed by atoms with Crippen LogP contribution in [0.1, 0.15) is 10.4 Å². The summed E-state index contributed by atoms with van der Waals surface area (Å²) >= 11 is 3.34. The summed E-state index contributed by atoms with van der Waals surface area (Å²) in [5, 5.41) is 11.5. The van der Waals surface area contributed by atoms with Crippen LogP contribution in [0.25, 0.3) is 33.1 Å². The minimum atomic E-state index is -0.953. The molecular weight excluding hydrogens is 356 g/mol. The van der Waals surface area contributed by atoms with E-state index in [0.717, 1.165) is 32.0 Å². The lowest BCUT2D eigenvalue weighted by Crippen LogP contribution is -1.99. The van der Waals surface area contributed by atoms with E-state index in [9.17, 15) is 9.90 Å². The molecule has 0 aliphatic carbocycles. The molecule has 0 radical (unpaired) electrons. The van der Waals surface area contributed by atoms with E-state index in [-0.39, 0.29) is 5.56 Å². The molecule has 0 bridgehead atoms. The van der Waals surface area contributed by atoms with Crippen LogP contribution in [0.5, 0.6) is 0 Å². The smallest absolute Gasteiger partial charge is 0.336 e. The first-order chi connectivity index (χ1) is 11.1. The van der Waals surface area contributed by atoms with Crippen molar-refractivity contribution in [2.75, 3.05) is 0 Å². The summed E-state index contributed by atoms with van der Waals surface area (Å²) < 4.78 is 6.62. The number of benzene rings is 3. The predicted octanol–water partition coefficient (Wildman–Crippen LogP) is 5.71. The molecule has 112 valence electrons. The lowest BCUT2D eigenvalue weighted by atomic mass is 9.95. The Hall–Kier alpha value is -2.59. The van der Waals surface area contributed by atoms with Gasteiger partial charge in [-0.3, -0.25) is 0 Å². The Morgan fingerprint density at radius 2 is 1.70 bits per heavy atom. The number of carbonyl (C=O) groups is 1. The molecule has 3 aromatic carbocycles. The molecule has 0 saturated heterocycles. The zero-order valence-electron chi connectivity index (χ0n) is 11.9. The summed E-state index contributed by atoms with van der Waals surface area (Å²) in [6, 6.07) is 18.8. The molecule has 0 aliphatic heterocycles. The van der Waals surface area contributed by atoms with Gasteiger partial charge in [-0.2, -0.15) is 0 Å². The minimum absolute atomic E-state index is 0.261. The number of carboxylic acids is 1. The fourth-order valence-corrected chi connectivity index (χ4v) is 3.29. The maximum Gasteiger partial charge on any atom is 0.336 e. The van der Waals surface area contributed by atoms with Crippen LogP contribution in [0, 0.1) is 0 Å². The Morgan fingerprint density at radius 1 is 0.913 bits per heavy atom. The maximum atomic E-state index is 11.6. The van der Waals surface area contributed by atoms with Gasteiger partial charge in [-0.05, 0) is 35.4 Å². The molecule has 23 heavy (non-hydrogen) atoms. The lowest BCUT2D eigenvalue weighted by Gasteiger charge is -2.08. The Bertz CT molecular complexity index is 1060. The zero-order chi connectivity index (χ0) is 16.0. The van der Waals surface area contributed by atoms with Gasteiger partial charge in [-0.1, -0.05) is 52.3 Å². The first kappa shape index (κ1) is 14.0. The Balaban J connectivity index is 2.13. The van der Waals surface area contributed by atoms with Crippen molar-refractivity contribution in [3.63, 3.8) is 0 Å². The third-order valence-corrected chi connectivity index (χ3v) is 4.40. The SMILES string of the molecule is O=C(O)c1cc(Br)ccc1-c1cccc2oc3ccccc3c12. The molecule has 0 unspecified atom stereocenters. The summed E-state index contributed by atoms with van der Waals surface area (Å²) in [7, 11) is 0. The minimum Gasteiger partial charge on any atom is -0.478 e. The molecule has 0 fully saturated rings. The molecule has 0 atom stereocenters. The quantitative estimate of drug-likeness (QED) is 0.493. The van der Waals surface area contributed by atoms with Crippen molar-refractivity contribution in [2.24, 2.45) is 0 Å². The summed E-state index contributed by atoms with van der Waals surface area (Å²) in [5.41, 5.74) is 3.35. The van der Waals surface area contributed by atoms with Gasteiger partial charge in [0.1, 0.15) is 11.2 Å². The molecule has 0 spiro atoms. The third kappa shape index (κ3) is 2.23. The number of hydrogen-bond acceptors (Lipinski definition) is 2. The van der Waals surface area contributed by atoms with Crippen LogP contribution in [-0.4, -0.2) is 11.1 Å². The van der Waals surface area contributed by atoms with Crippen LogP contribution >= 0.6 is 15.9 Å². The van der Waals surface area contributed by atoms with Crippen molar-refractivity contribution in [1.29, 1.82) is 0 Å². The molecule has 4 aromatic rings. The molecule has 4 heteroatoms. The topological polar surface area (TPSA) is 50.4 Å². The average molecular weight is 367 g/mol. The second kappa shape index (κ2) is 5.25. The number of fused-ring (bicyclic) bond motifs is 3. The highest BCUT2D eigenvalue weighted by Crippen LogP contribution is 2.38. The molecule has 3 nitrogen and oxygen atoms in total. The van der Waals surface area contributed by atoms with Crippen LogP contribution in [0.2, 0.25) is 0 Å². The fourth-order valence-electron chi connectivity index (χ4n) is 2.93. The number of aromatic carboxylic acids is 1. The van der Waals surface area contributed by atoms with Crippen molar-refractivity contribution in [3.8, 4) is 11.1 Å². The molecular formula is C19H11BrO3. The second-order valence-electron chi connectivity index (χ2n) is 5.27. The first-order valence-corrected chi connectivity index (χ1v) is 7.88. The van der Waals surface area contributed by atoms with Gasteiger partial charge in [0, 0.05) is 15.2 Å². The summed E-state index contributed by atoms with van der Waals surface area (Å²) in [5.74, 6) is -0.953. The van der Waals surface area contributed by atoms with Crippen LogP contribution in [0.15, 0.2) is 69.6 Å². The third-order valence-electron chi connectivity index (χ3n) is 3.90. The van der Waals surface area contributed by atoms with Crippen LogP contribution in [0.3, 0.4) is 0 Å². The van der Waals surface area contributed by atoms with Gasteiger partial charge in [-0.15, -0.1) is 0 Å². The number of furan rings is 1. The molecule has 1 N–H and O–H groups in total. The van der Waals surface area contributed by atoms with E-state index in [0.29, 0.717) is 5.56 Å². The van der Waals surface area contributed by atoms with Gasteiger partial charge in [0.15, 0.2) is 0 Å².